The Kier molecular flexibility index (Phi) is 3.93. The molecule has 18 heavy (non-hydrogen) atoms. The van der Waals surface area contributed by atoms with Crippen LogP contribution in [0.2, 0.25) is 5.02 Å². The molecule has 6 heteroatoms. The van der Waals surface area contributed by atoms with Crippen molar-refractivity contribution in [3.63, 3.8) is 0 Å². The second kappa shape index (κ2) is 5.46. The molecule has 2 rings (SSSR count). The Balaban J connectivity index is 2.17. The van der Waals surface area contributed by atoms with E-state index in [1.165, 1.54) is 0 Å². The zero-order chi connectivity index (χ0) is 13.1. The van der Waals surface area contributed by atoms with E-state index in [1.807, 2.05) is 0 Å². The van der Waals surface area contributed by atoms with Gasteiger partial charge in [-0.05, 0) is 24.5 Å². The first-order chi connectivity index (χ1) is 8.56. The summed E-state index contributed by atoms with van der Waals surface area (Å²) in [6.45, 7) is 4.19. The lowest BCUT2D eigenvalue weighted by molar-refractivity contribution is 0.335. The minimum atomic E-state index is -0.237. The van der Waals surface area contributed by atoms with Crippen LogP contribution in [-0.2, 0) is 0 Å². The predicted octanol–water partition coefficient (Wildman–Crippen LogP) is 2.83. The SMILES string of the molecule is CC(C)C[C@@H](N)c1nc(-c2ccc(Cl)cn2)no1. The van der Waals surface area contributed by atoms with E-state index in [4.69, 9.17) is 21.9 Å². The molecular formula is C12H15ClN4O. The van der Waals surface area contributed by atoms with Crippen molar-refractivity contribution in [2.45, 2.75) is 26.3 Å². The van der Waals surface area contributed by atoms with Gasteiger partial charge in [0.25, 0.3) is 0 Å². The molecule has 0 aliphatic carbocycles. The van der Waals surface area contributed by atoms with Crippen LogP contribution in [0.25, 0.3) is 11.5 Å². The van der Waals surface area contributed by atoms with Gasteiger partial charge < -0.3 is 10.3 Å². The maximum Gasteiger partial charge on any atom is 0.243 e. The third-order valence-corrected chi connectivity index (χ3v) is 2.66. The number of hydrogen-bond donors (Lipinski definition) is 1. The van der Waals surface area contributed by atoms with Gasteiger partial charge in [-0.1, -0.05) is 30.6 Å². The summed E-state index contributed by atoms with van der Waals surface area (Å²) >= 11 is 5.77. The topological polar surface area (TPSA) is 77.8 Å². The van der Waals surface area contributed by atoms with Crippen molar-refractivity contribution in [3.8, 4) is 11.5 Å². The lowest BCUT2D eigenvalue weighted by Gasteiger charge is -2.08. The fourth-order valence-electron chi connectivity index (χ4n) is 1.61. The van der Waals surface area contributed by atoms with Gasteiger partial charge in [0.1, 0.15) is 5.69 Å². The predicted molar refractivity (Wildman–Crippen MR) is 68.9 cm³/mol. The Morgan fingerprint density at radius 1 is 1.39 bits per heavy atom. The maximum absolute atomic E-state index is 5.97. The average Bonchev–Trinajstić information content (AvgIpc) is 2.78. The minimum absolute atomic E-state index is 0.237. The summed E-state index contributed by atoms with van der Waals surface area (Å²) in [5, 5.41) is 4.44. The molecule has 0 saturated heterocycles. The lowest BCUT2D eigenvalue weighted by Crippen LogP contribution is -2.13. The molecule has 2 aromatic rings. The quantitative estimate of drug-likeness (QED) is 0.921. The highest BCUT2D eigenvalue weighted by Gasteiger charge is 2.17. The summed E-state index contributed by atoms with van der Waals surface area (Å²) < 4.78 is 5.15. The van der Waals surface area contributed by atoms with Gasteiger partial charge in [0.2, 0.25) is 11.7 Å². The first-order valence-corrected chi connectivity index (χ1v) is 6.15. The van der Waals surface area contributed by atoms with Crippen LogP contribution in [0, 0.1) is 5.92 Å². The molecule has 5 nitrogen and oxygen atoms in total. The van der Waals surface area contributed by atoms with E-state index >= 15 is 0 Å². The standard InChI is InChI=1S/C12H15ClN4O/c1-7(2)5-9(14)12-16-11(17-18-12)10-4-3-8(13)6-15-10/h3-4,6-7,9H,5,14H2,1-2H3/t9-/m1/s1. The van der Waals surface area contributed by atoms with Crippen molar-refractivity contribution in [1.82, 2.24) is 15.1 Å². The van der Waals surface area contributed by atoms with E-state index in [1.54, 1.807) is 18.3 Å². The highest BCUT2D eigenvalue weighted by Crippen LogP contribution is 2.20. The Morgan fingerprint density at radius 2 is 2.17 bits per heavy atom. The van der Waals surface area contributed by atoms with E-state index in [2.05, 4.69) is 29.0 Å². The molecule has 0 spiro atoms. The summed E-state index contributed by atoms with van der Waals surface area (Å²) in [6.07, 6.45) is 2.34. The molecule has 0 fully saturated rings. The summed E-state index contributed by atoms with van der Waals surface area (Å²) in [6, 6.07) is 3.23. The summed E-state index contributed by atoms with van der Waals surface area (Å²) in [4.78, 5) is 8.38. The van der Waals surface area contributed by atoms with Crippen LogP contribution in [0.4, 0.5) is 0 Å². The molecule has 0 amide bonds. The van der Waals surface area contributed by atoms with Gasteiger partial charge in [0.15, 0.2) is 0 Å². The van der Waals surface area contributed by atoms with Crippen LogP contribution in [0.1, 0.15) is 32.2 Å². The van der Waals surface area contributed by atoms with Gasteiger partial charge in [0.05, 0.1) is 11.1 Å². The molecule has 2 N–H and O–H groups in total. The number of nitrogens with two attached hydrogens (primary N) is 1. The van der Waals surface area contributed by atoms with Gasteiger partial charge in [-0.3, -0.25) is 4.98 Å². The van der Waals surface area contributed by atoms with E-state index in [9.17, 15) is 0 Å². The van der Waals surface area contributed by atoms with Gasteiger partial charge >= 0.3 is 0 Å². The molecule has 0 aliphatic rings. The van der Waals surface area contributed by atoms with Gasteiger partial charge in [-0.2, -0.15) is 4.98 Å². The second-order valence-corrected chi connectivity index (χ2v) is 4.99. The fraction of sp³-hybridized carbons (Fsp3) is 0.417. The molecule has 0 aromatic carbocycles. The molecule has 0 radical (unpaired) electrons. The lowest BCUT2D eigenvalue weighted by atomic mass is 10.0. The van der Waals surface area contributed by atoms with Crippen molar-refractivity contribution in [2.75, 3.05) is 0 Å². The van der Waals surface area contributed by atoms with Crippen molar-refractivity contribution in [3.05, 3.63) is 29.2 Å². The summed E-state index contributed by atoms with van der Waals surface area (Å²) in [7, 11) is 0. The molecular weight excluding hydrogens is 252 g/mol. The molecule has 2 aromatic heterocycles. The zero-order valence-corrected chi connectivity index (χ0v) is 11.1. The van der Waals surface area contributed by atoms with Gasteiger partial charge in [-0.15, -0.1) is 0 Å². The second-order valence-electron chi connectivity index (χ2n) is 4.55. The number of aromatic nitrogens is 3. The van der Waals surface area contributed by atoms with Crippen LogP contribution in [0.15, 0.2) is 22.9 Å². The number of nitrogens with zero attached hydrogens (tertiary/aromatic N) is 3. The molecule has 96 valence electrons. The highest BCUT2D eigenvalue weighted by atomic mass is 35.5. The van der Waals surface area contributed by atoms with E-state index in [-0.39, 0.29) is 6.04 Å². The van der Waals surface area contributed by atoms with Gasteiger partial charge in [-0.25, -0.2) is 0 Å². The molecule has 0 unspecified atom stereocenters. The largest absolute Gasteiger partial charge is 0.337 e. The number of rotatable bonds is 4. The fourth-order valence-corrected chi connectivity index (χ4v) is 1.72. The third kappa shape index (κ3) is 3.05. The molecule has 1 atom stereocenters. The van der Waals surface area contributed by atoms with E-state index < -0.39 is 0 Å². The number of pyridine rings is 1. The van der Waals surface area contributed by atoms with E-state index in [0.29, 0.717) is 28.3 Å². The molecule has 0 saturated carbocycles. The third-order valence-electron chi connectivity index (χ3n) is 2.44. The molecule has 0 aliphatic heterocycles. The van der Waals surface area contributed by atoms with Crippen LogP contribution < -0.4 is 5.73 Å². The van der Waals surface area contributed by atoms with Crippen molar-refractivity contribution in [2.24, 2.45) is 11.7 Å². The van der Waals surface area contributed by atoms with Gasteiger partial charge in [0, 0.05) is 6.20 Å². The number of halogens is 1. The summed E-state index contributed by atoms with van der Waals surface area (Å²) in [5.41, 5.74) is 6.59. The van der Waals surface area contributed by atoms with Crippen molar-refractivity contribution >= 4 is 11.6 Å². The Hall–Kier alpha value is -1.46. The van der Waals surface area contributed by atoms with Crippen LogP contribution >= 0.6 is 11.6 Å². The Bertz CT molecular complexity index is 509. The van der Waals surface area contributed by atoms with Crippen LogP contribution in [-0.4, -0.2) is 15.1 Å². The monoisotopic (exact) mass is 266 g/mol. The normalized spacial score (nSPS) is 12.9. The number of hydrogen-bond acceptors (Lipinski definition) is 5. The maximum atomic E-state index is 5.97. The highest BCUT2D eigenvalue weighted by molar-refractivity contribution is 6.30. The van der Waals surface area contributed by atoms with Crippen molar-refractivity contribution in [1.29, 1.82) is 0 Å². The van der Waals surface area contributed by atoms with Crippen LogP contribution in [0.3, 0.4) is 0 Å². The zero-order valence-electron chi connectivity index (χ0n) is 10.3. The van der Waals surface area contributed by atoms with E-state index in [0.717, 1.165) is 6.42 Å². The summed E-state index contributed by atoms with van der Waals surface area (Å²) in [5.74, 6) is 1.35. The minimum Gasteiger partial charge on any atom is -0.337 e. The molecule has 2 heterocycles. The first-order valence-electron chi connectivity index (χ1n) is 5.77. The first kappa shape index (κ1) is 13.0. The smallest absolute Gasteiger partial charge is 0.243 e. The Labute approximate surface area is 110 Å². The van der Waals surface area contributed by atoms with Crippen molar-refractivity contribution < 1.29 is 4.52 Å². The average molecular weight is 267 g/mol. The van der Waals surface area contributed by atoms with Crippen LogP contribution in [0.5, 0.6) is 0 Å². The Morgan fingerprint density at radius 3 is 2.78 bits per heavy atom. The molecule has 0 bridgehead atoms.